The van der Waals surface area contributed by atoms with E-state index in [2.05, 4.69) is 35.9 Å². The van der Waals surface area contributed by atoms with Crippen LogP contribution in [0.3, 0.4) is 0 Å². The Bertz CT molecular complexity index is 539. The molecule has 1 saturated heterocycles. The van der Waals surface area contributed by atoms with E-state index in [1.54, 1.807) is 6.26 Å². The number of nitrogens with zero attached hydrogens (tertiary/aromatic N) is 2. The van der Waals surface area contributed by atoms with Crippen molar-refractivity contribution in [2.45, 2.75) is 38.6 Å². The zero-order valence-electron chi connectivity index (χ0n) is 12.2. The van der Waals surface area contributed by atoms with Crippen LogP contribution in [0.2, 0.25) is 0 Å². The Morgan fingerprint density at radius 2 is 1.85 bits per heavy atom. The van der Waals surface area contributed by atoms with Crippen molar-refractivity contribution in [1.29, 1.82) is 0 Å². The van der Waals surface area contributed by atoms with Gasteiger partial charge < -0.3 is 9.32 Å². The van der Waals surface area contributed by atoms with Gasteiger partial charge in [0.05, 0.1) is 0 Å². The summed E-state index contributed by atoms with van der Waals surface area (Å²) in [6, 6.07) is 10.9. The molecule has 0 aliphatic carbocycles. The first-order chi connectivity index (χ1) is 9.74. The molecule has 1 aromatic heterocycles. The molecule has 0 radical (unpaired) electrons. The smallest absolute Gasteiger partial charge is 0.197 e. The highest BCUT2D eigenvalue weighted by molar-refractivity contribution is 5.57. The van der Waals surface area contributed by atoms with E-state index in [1.807, 2.05) is 18.2 Å². The molecule has 106 valence electrons. The van der Waals surface area contributed by atoms with Crippen molar-refractivity contribution in [2.24, 2.45) is 0 Å². The van der Waals surface area contributed by atoms with E-state index in [4.69, 9.17) is 4.42 Å². The Hall–Kier alpha value is -1.61. The van der Waals surface area contributed by atoms with Crippen LogP contribution in [0.1, 0.15) is 38.5 Å². The van der Waals surface area contributed by atoms with Crippen LogP contribution in [0.4, 0.5) is 0 Å². The van der Waals surface area contributed by atoms with E-state index in [0.717, 1.165) is 43.1 Å². The van der Waals surface area contributed by atoms with Gasteiger partial charge in [-0.3, -0.25) is 0 Å². The molecular weight excluding hydrogens is 248 g/mol. The summed E-state index contributed by atoms with van der Waals surface area (Å²) >= 11 is 0. The summed E-state index contributed by atoms with van der Waals surface area (Å²) in [7, 11) is 0. The average Bonchev–Trinajstić information content (AvgIpc) is 2.98. The third-order valence-electron chi connectivity index (χ3n) is 4.20. The Balaban J connectivity index is 1.69. The predicted octanol–water partition coefficient (Wildman–Crippen LogP) is 3.93. The highest BCUT2D eigenvalue weighted by atomic mass is 16.3. The molecule has 0 atom stereocenters. The summed E-state index contributed by atoms with van der Waals surface area (Å²) in [4.78, 5) is 7.21. The molecule has 2 aromatic rings. The quantitative estimate of drug-likeness (QED) is 0.846. The lowest BCUT2D eigenvalue weighted by molar-refractivity contribution is 0.163. The van der Waals surface area contributed by atoms with Crippen LogP contribution in [-0.2, 0) is 0 Å². The fourth-order valence-electron chi connectivity index (χ4n) is 2.88. The summed E-state index contributed by atoms with van der Waals surface area (Å²) in [5.41, 5.74) is 2.08. The van der Waals surface area contributed by atoms with Crippen LogP contribution in [0.5, 0.6) is 0 Å². The SMILES string of the molecule is CC(C)N1CCC(c2nc(-c3ccccc3)co2)CC1. The van der Waals surface area contributed by atoms with Crippen molar-refractivity contribution in [3.63, 3.8) is 0 Å². The van der Waals surface area contributed by atoms with Gasteiger partial charge in [-0.25, -0.2) is 4.98 Å². The molecule has 2 heterocycles. The third kappa shape index (κ3) is 2.78. The molecule has 1 aromatic carbocycles. The summed E-state index contributed by atoms with van der Waals surface area (Å²) < 4.78 is 5.72. The summed E-state index contributed by atoms with van der Waals surface area (Å²) in [6.45, 7) is 6.81. The first kappa shape index (κ1) is 13.4. The average molecular weight is 270 g/mol. The Kier molecular flexibility index (Phi) is 3.88. The molecule has 3 heteroatoms. The second kappa shape index (κ2) is 5.80. The second-order valence-electron chi connectivity index (χ2n) is 5.84. The van der Waals surface area contributed by atoms with Crippen molar-refractivity contribution >= 4 is 0 Å². The molecule has 0 unspecified atom stereocenters. The Morgan fingerprint density at radius 3 is 2.50 bits per heavy atom. The molecule has 0 N–H and O–H groups in total. The summed E-state index contributed by atoms with van der Waals surface area (Å²) in [5, 5.41) is 0. The minimum atomic E-state index is 0.475. The van der Waals surface area contributed by atoms with Gasteiger partial charge in [-0.2, -0.15) is 0 Å². The van der Waals surface area contributed by atoms with Gasteiger partial charge in [0.1, 0.15) is 12.0 Å². The van der Waals surface area contributed by atoms with Crippen molar-refractivity contribution in [3.05, 3.63) is 42.5 Å². The lowest BCUT2D eigenvalue weighted by Crippen LogP contribution is -2.37. The number of piperidine rings is 1. The number of likely N-dealkylation sites (tertiary alicyclic amines) is 1. The Labute approximate surface area is 120 Å². The van der Waals surface area contributed by atoms with Gasteiger partial charge in [0.15, 0.2) is 5.89 Å². The minimum absolute atomic E-state index is 0.475. The van der Waals surface area contributed by atoms with E-state index in [1.165, 1.54) is 0 Å². The van der Waals surface area contributed by atoms with Gasteiger partial charge >= 0.3 is 0 Å². The minimum Gasteiger partial charge on any atom is -0.448 e. The fourth-order valence-corrected chi connectivity index (χ4v) is 2.88. The maximum atomic E-state index is 5.72. The topological polar surface area (TPSA) is 29.3 Å². The van der Waals surface area contributed by atoms with Gasteiger partial charge in [-0.1, -0.05) is 30.3 Å². The standard InChI is InChI=1S/C17H22N2O/c1-13(2)19-10-8-15(9-11-19)17-18-16(12-20-17)14-6-4-3-5-7-14/h3-7,12-13,15H,8-11H2,1-2H3. The van der Waals surface area contributed by atoms with E-state index >= 15 is 0 Å². The number of oxazole rings is 1. The lowest BCUT2D eigenvalue weighted by atomic mass is 9.96. The molecule has 0 bridgehead atoms. The molecule has 1 aliphatic rings. The predicted molar refractivity (Wildman–Crippen MR) is 80.6 cm³/mol. The number of rotatable bonds is 3. The van der Waals surface area contributed by atoms with Crippen molar-refractivity contribution in [3.8, 4) is 11.3 Å². The van der Waals surface area contributed by atoms with E-state index in [9.17, 15) is 0 Å². The molecule has 0 spiro atoms. The molecule has 20 heavy (non-hydrogen) atoms. The number of benzene rings is 1. The summed E-state index contributed by atoms with van der Waals surface area (Å²) in [6.07, 6.45) is 4.08. The van der Waals surface area contributed by atoms with Crippen molar-refractivity contribution < 1.29 is 4.42 Å². The molecule has 3 rings (SSSR count). The van der Waals surface area contributed by atoms with Crippen LogP contribution in [0, 0.1) is 0 Å². The highest BCUT2D eigenvalue weighted by Gasteiger charge is 2.25. The molecule has 1 fully saturated rings. The largest absolute Gasteiger partial charge is 0.448 e. The van der Waals surface area contributed by atoms with Crippen LogP contribution < -0.4 is 0 Å². The first-order valence-corrected chi connectivity index (χ1v) is 7.49. The number of hydrogen-bond donors (Lipinski definition) is 0. The molecule has 1 aliphatic heterocycles. The number of hydrogen-bond acceptors (Lipinski definition) is 3. The van der Waals surface area contributed by atoms with Gasteiger partial charge in [0.2, 0.25) is 0 Å². The highest BCUT2D eigenvalue weighted by Crippen LogP contribution is 2.30. The zero-order chi connectivity index (χ0) is 13.9. The first-order valence-electron chi connectivity index (χ1n) is 7.49. The van der Waals surface area contributed by atoms with E-state index < -0.39 is 0 Å². The molecule has 0 saturated carbocycles. The van der Waals surface area contributed by atoms with Gasteiger partial charge in [0.25, 0.3) is 0 Å². The van der Waals surface area contributed by atoms with Crippen LogP contribution in [0.15, 0.2) is 41.0 Å². The van der Waals surface area contributed by atoms with Crippen LogP contribution in [0.25, 0.3) is 11.3 Å². The van der Waals surface area contributed by atoms with Crippen molar-refractivity contribution in [2.75, 3.05) is 13.1 Å². The lowest BCUT2D eigenvalue weighted by Gasteiger charge is -2.33. The Morgan fingerprint density at radius 1 is 1.15 bits per heavy atom. The van der Waals surface area contributed by atoms with Crippen LogP contribution in [-0.4, -0.2) is 29.0 Å². The van der Waals surface area contributed by atoms with Gasteiger partial charge in [-0.05, 0) is 39.8 Å². The van der Waals surface area contributed by atoms with E-state index in [0.29, 0.717) is 12.0 Å². The van der Waals surface area contributed by atoms with Crippen LogP contribution >= 0.6 is 0 Å². The second-order valence-corrected chi connectivity index (χ2v) is 5.84. The van der Waals surface area contributed by atoms with Crippen molar-refractivity contribution in [1.82, 2.24) is 9.88 Å². The zero-order valence-corrected chi connectivity index (χ0v) is 12.2. The maximum Gasteiger partial charge on any atom is 0.197 e. The molecule has 3 nitrogen and oxygen atoms in total. The number of aromatic nitrogens is 1. The van der Waals surface area contributed by atoms with E-state index in [-0.39, 0.29) is 0 Å². The maximum absolute atomic E-state index is 5.72. The normalized spacial score (nSPS) is 17.8. The molecule has 0 amide bonds. The monoisotopic (exact) mass is 270 g/mol. The summed E-state index contributed by atoms with van der Waals surface area (Å²) in [5.74, 6) is 1.38. The van der Waals surface area contributed by atoms with Gasteiger partial charge in [-0.15, -0.1) is 0 Å². The fraction of sp³-hybridized carbons (Fsp3) is 0.471. The molecular formula is C17H22N2O. The van der Waals surface area contributed by atoms with Gasteiger partial charge in [0, 0.05) is 17.5 Å². The third-order valence-corrected chi connectivity index (χ3v) is 4.20.